The van der Waals surface area contributed by atoms with Crippen molar-refractivity contribution in [2.45, 2.75) is 37.8 Å². The Hall–Kier alpha value is -3.66. The Kier molecular flexibility index (Phi) is 5.55. The van der Waals surface area contributed by atoms with E-state index in [0.29, 0.717) is 34.6 Å². The number of fused-ring (bicyclic) bond motifs is 2. The van der Waals surface area contributed by atoms with E-state index in [1.54, 1.807) is 35.7 Å². The van der Waals surface area contributed by atoms with Crippen LogP contribution in [0.15, 0.2) is 30.6 Å². The highest BCUT2D eigenvalue weighted by atomic mass is 19.1. The summed E-state index contributed by atoms with van der Waals surface area (Å²) in [6.45, 7) is 1.68. The van der Waals surface area contributed by atoms with Crippen LogP contribution in [0.25, 0.3) is 21.8 Å². The van der Waals surface area contributed by atoms with Crippen molar-refractivity contribution in [3.63, 3.8) is 0 Å². The number of ether oxygens (including phenoxy) is 1. The molecule has 2 fully saturated rings. The average molecular weight is 492 g/mol. The van der Waals surface area contributed by atoms with Gasteiger partial charge in [0, 0.05) is 74.2 Å². The second-order valence-corrected chi connectivity index (χ2v) is 9.89. The molecule has 0 unspecified atom stereocenters. The number of benzene rings is 2. The molecule has 0 radical (unpaired) electrons. The second-order valence-electron chi connectivity index (χ2n) is 9.89. The first-order valence-electron chi connectivity index (χ1n) is 12.4. The van der Waals surface area contributed by atoms with Gasteiger partial charge in [-0.25, -0.2) is 4.39 Å². The van der Waals surface area contributed by atoms with E-state index in [1.165, 1.54) is 18.9 Å². The molecular weight excluding hydrogens is 461 g/mol. The summed E-state index contributed by atoms with van der Waals surface area (Å²) >= 11 is 0. The fourth-order valence-electron chi connectivity index (χ4n) is 5.24. The Balaban J connectivity index is 1.30. The number of piperidine rings is 1. The highest BCUT2D eigenvalue weighted by Crippen LogP contribution is 2.34. The van der Waals surface area contributed by atoms with Crippen molar-refractivity contribution < 1.29 is 13.9 Å². The van der Waals surface area contributed by atoms with Crippen molar-refractivity contribution >= 4 is 39.1 Å². The third-order valence-electron chi connectivity index (χ3n) is 7.12. The van der Waals surface area contributed by atoms with E-state index >= 15 is 4.39 Å². The van der Waals surface area contributed by atoms with Gasteiger partial charge in [-0.1, -0.05) is 0 Å². The molecule has 0 atom stereocenters. The maximum atomic E-state index is 15.6. The molecule has 1 amide bonds. The molecule has 1 saturated carbocycles. The maximum absolute atomic E-state index is 15.6. The van der Waals surface area contributed by atoms with E-state index < -0.39 is 11.7 Å². The number of halogens is 1. The zero-order chi connectivity index (χ0) is 25.0. The lowest BCUT2D eigenvalue weighted by atomic mass is 10.0. The minimum atomic E-state index is -0.582. The summed E-state index contributed by atoms with van der Waals surface area (Å²) < 4.78 is 24.3. The van der Waals surface area contributed by atoms with Gasteiger partial charge in [0.05, 0.1) is 12.8 Å². The van der Waals surface area contributed by atoms with Crippen LogP contribution < -0.4 is 20.3 Å². The number of methoxy groups -OCH3 is 1. The number of hydrogen-bond donors (Lipinski definition) is 2. The molecule has 0 bridgehead atoms. The van der Waals surface area contributed by atoms with Crippen LogP contribution in [-0.2, 0) is 14.1 Å². The Morgan fingerprint density at radius 2 is 1.69 bits per heavy atom. The van der Waals surface area contributed by atoms with E-state index in [2.05, 4.69) is 25.7 Å². The highest BCUT2D eigenvalue weighted by Gasteiger charge is 2.29. The van der Waals surface area contributed by atoms with Crippen LogP contribution in [0, 0.1) is 5.82 Å². The Morgan fingerprint density at radius 3 is 2.42 bits per heavy atom. The van der Waals surface area contributed by atoms with Crippen molar-refractivity contribution in [3.8, 4) is 5.75 Å². The van der Waals surface area contributed by atoms with Crippen LogP contribution in [0.5, 0.6) is 5.75 Å². The number of carbonyl (C=O) groups is 1. The van der Waals surface area contributed by atoms with Crippen LogP contribution in [0.4, 0.5) is 15.8 Å². The van der Waals surface area contributed by atoms with Gasteiger partial charge in [-0.3, -0.25) is 14.2 Å². The molecule has 188 valence electrons. The standard InChI is InChI=1S/C26H30FN7O2/c1-32-13-15-10-18(11-22(36-3)24(15)30-32)29-26(35)23-20(27)12-21(19-14-33(2)31-25(19)23)34-8-6-17(7-9-34)28-16-4-5-16/h10-14,16-17,28H,4-9H2,1-3H3,(H,29,35). The van der Waals surface area contributed by atoms with Gasteiger partial charge in [-0.05, 0) is 37.8 Å². The lowest BCUT2D eigenvalue weighted by Gasteiger charge is -2.34. The first-order chi connectivity index (χ1) is 17.4. The maximum Gasteiger partial charge on any atom is 0.260 e. The van der Waals surface area contributed by atoms with Crippen molar-refractivity contribution in [1.82, 2.24) is 24.9 Å². The first-order valence-corrected chi connectivity index (χ1v) is 12.4. The van der Waals surface area contributed by atoms with Gasteiger partial charge in [-0.2, -0.15) is 10.2 Å². The number of anilines is 2. The van der Waals surface area contributed by atoms with Gasteiger partial charge in [0.2, 0.25) is 0 Å². The highest BCUT2D eigenvalue weighted by molar-refractivity contribution is 6.14. The van der Waals surface area contributed by atoms with Crippen LogP contribution in [0.1, 0.15) is 36.0 Å². The van der Waals surface area contributed by atoms with Crippen LogP contribution in [-0.4, -0.2) is 57.8 Å². The topological polar surface area (TPSA) is 89.2 Å². The predicted octanol–water partition coefficient (Wildman–Crippen LogP) is 3.58. The summed E-state index contributed by atoms with van der Waals surface area (Å²) in [5.41, 5.74) is 2.27. The average Bonchev–Trinajstić information content (AvgIpc) is 3.45. The van der Waals surface area contributed by atoms with Gasteiger partial charge in [0.25, 0.3) is 5.91 Å². The summed E-state index contributed by atoms with van der Waals surface area (Å²) in [7, 11) is 5.16. The number of hydrogen-bond acceptors (Lipinski definition) is 6. The van der Waals surface area contributed by atoms with Gasteiger partial charge >= 0.3 is 0 Å². The molecule has 1 saturated heterocycles. The molecule has 2 aromatic heterocycles. The molecule has 0 spiro atoms. The third kappa shape index (κ3) is 4.15. The SMILES string of the molecule is COc1cc(NC(=O)c2c(F)cc(N3CCC(NC4CC4)CC3)c3cn(C)nc23)cc2cn(C)nc12. The number of nitrogens with zero attached hydrogens (tertiary/aromatic N) is 5. The normalized spacial score (nSPS) is 16.7. The largest absolute Gasteiger partial charge is 0.494 e. The zero-order valence-corrected chi connectivity index (χ0v) is 20.7. The molecule has 9 nitrogen and oxygen atoms in total. The van der Waals surface area contributed by atoms with E-state index in [4.69, 9.17) is 4.74 Å². The van der Waals surface area contributed by atoms with Crippen LogP contribution >= 0.6 is 0 Å². The van der Waals surface area contributed by atoms with Gasteiger partial charge in [0.1, 0.15) is 28.2 Å². The smallest absolute Gasteiger partial charge is 0.260 e. The Labute approximate surface area is 208 Å². The summed E-state index contributed by atoms with van der Waals surface area (Å²) in [6.07, 6.45) is 8.27. The predicted molar refractivity (Wildman–Crippen MR) is 137 cm³/mol. The second kappa shape index (κ2) is 8.77. The van der Waals surface area contributed by atoms with Crippen molar-refractivity contribution in [1.29, 1.82) is 0 Å². The van der Waals surface area contributed by atoms with Crippen molar-refractivity contribution in [3.05, 3.63) is 42.0 Å². The molecule has 4 aromatic rings. The van der Waals surface area contributed by atoms with Gasteiger partial charge in [0.15, 0.2) is 0 Å². The number of amides is 1. The number of nitrogens with one attached hydrogen (secondary N) is 2. The van der Waals surface area contributed by atoms with Crippen LogP contribution in [0.2, 0.25) is 0 Å². The third-order valence-corrected chi connectivity index (χ3v) is 7.12. The molecule has 1 aliphatic carbocycles. The lowest BCUT2D eigenvalue weighted by Crippen LogP contribution is -2.43. The molecular formula is C26H30FN7O2. The fourth-order valence-corrected chi connectivity index (χ4v) is 5.24. The monoisotopic (exact) mass is 491 g/mol. The molecule has 2 N–H and O–H groups in total. The number of carbonyl (C=O) groups excluding carboxylic acids is 1. The number of aromatic nitrogens is 4. The fraction of sp³-hybridized carbons (Fsp3) is 0.423. The quantitative estimate of drug-likeness (QED) is 0.429. The molecule has 1 aliphatic heterocycles. The zero-order valence-electron chi connectivity index (χ0n) is 20.7. The summed E-state index contributed by atoms with van der Waals surface area (Å²) in [5, 5.41) is 17.0. The Bertz CT molecular complexity index is 1460. The molecule has 6 rings (SSSR count). The van der Waals surface area contributed by atoms with E-state index in [0.717, 1.165) is 42.4 Å². The Morgan fingerprint density at radius 1 is 1.00 bits per heavy atom. The van der Waals surface area contributed by atoms with E-state index in [9.17, 15) is 4.79 Å². The van der Waals surface area contributed by atoms with E-state index in [1.807, 2.05) is 19.4 Å². The van der Waals surface area contributed by atoms with E-state index in [-0.39, 0.29) is 5.56 Å². The number of aryl methyl sites for hydroxylation is 2. The minimum absolute atomic E-state index is 0.0649. The number of rotatable bonds is 6. The summed E-state index contributed by atoms with van der Waals surface area (Å²) in [5.74, 6) is -0.608. The first kappa shape index (κ1) is 22.8. The van der Waals surface area contributed by atoms with Crippen molar-refractivity contribution in [2.75, 3.05) is 30.4 Å². The minimum Gasteiger partial charge on any atom is -0.494 e. The molecule has 10 heteroatoms. The molecule has 2 aromatic carbocycles. The van der Waals surface area contributed by atoms with Crippen molar-refractivity contribution in [2.24, 2.45) is 14.1 Å². The van der Waals surface area contributed by atoms with Crippen LogP contribution in [0.3, 0.4) is 0 Å². The molecule has 3 heterocycles. The van der Waals surface area contributed by atoms with Gasteiger partial charge < -0.3 is 20.3 Å². The lowest BCUT2D eigenvalue weighted by molar-refractivity contribution is 0.102. The molecule has 36 heavy (non-hydrogen) atoms. The molecule has 2 aliphatic rings. The summed E-state index contributed by atoms with van der Waals surface area (Å²) in [4.78, 5) is 15.6. The van der Waals surface area contributed by atoms with Gasteiger partial charge in [-0.15, -0.1) is 0 Å². The summed E-state index contributed by atoms with van der Waals surface area (Å²) in [6, 6.07) is 6.17.